The molecule has 0 saturated carbocycles. The number of H-pyrrole nitrogens is 1. The van der Waals surface area contributed by atoms with Gasteiger partial charge in [0.1, 0.15) is 11.3 Å². The zero-order valence-corrected chi connectivity index (χ0v) is 13.0. The van der Waals surface area contributed by atoms with Crippen LogP contribution in [0.4, 0.5) is 4.39 Å². The number of carbonyl (C=O) groups is 1. The van der Waals surface area contributed by atoms with E-state index in [1.807, 2.05) is 19.1 Å². The molecule has 1 atom stereocenters. The Kier molecular flexibility index (Phi) is 4.06. The molecule has 0 saturated heterocycles. The molecule has 1 amide bonds. The summed E-state index contributed by atoms with van der Waals surface area (Å²) >= 11 is 0. The van der Waals surface area contributed by atoms with Crippen LogP contribution in [0.15, 0.2) is 43.0 Å². The molecule has 2 heterocycles. The first-order valence-electron chi connectivity index (χ1n) is 7.41. The summed E-state index contributed by atoms with van der Waals surface area (Å²) < 4.78 is 13.8. The summed E-state index contributed by atoms with van der Waals surface area (Å²) in [5, 5.41) is 0. The Morgan fingerprint density at radius 1 is 1.35 bits per heavy atom. The fourth-order valence-electron chi connectivity index (χ4n) is 2.83. The minimum atomic E-state index is -0.463. The Morgan fingerprint density at radius 2 is 2.09 bits per heavy atom. The van der Waals surface area contributed by atoms with Crippen LogP contribution in [-0.4, -0.2) is 32.8 Å². The lowest BCUT2D eigenvalue weighted by Crippen LogP contribution is -2.31. The van der Waals surface area contributed by atoms with Gasteiger partial charge in [0.2, 0.25) is 0 Å². The number of aromatic amines is 1. The van der Waals surface area contributed by atoms with Crippen molar-refractivity contribution in [3.05, 3.63) is 59.9 Å². The van der Waals surface area contributed by atoms with E-state index in [0.29, 0.717) is 11.0 Å². The van der Waals surface area contributed by atoms with Gasteiger partial charge in [0.15, 0.2) is 0 Å². The van der Waals surface area contributed by atoms with E-state index >= 15 is 0 Å². The summed E-state index contributed by atoms with van der Waals surface area (Å²) in [5.74, 6) is -0.722. The van der Waals surface area contributed by atoms with Crippen molar-refractivity contribution in [1.82, 2.24) is 19.9 Å². The molecule has 3 aromatic rings. The molecule has 0 aliphatic heterocycles. The third-order valence-electron chi connectivity index (χ3n) is 3.98. The number of nitrogens with one attached hydrogen (secondary N) is 1. The Balaban J connectivity index is 1.99. The van der Waals surface area contributed by atoms with Crippen LogP contribution in [0.2, 0.25) is 0 Å². The first kappa shape index (κ1) is 15.1. The number of fused-ring (bicyclic) bond motifs is 1. The maximum atomic E-state index is 13.8. The van der Waals surface area contributed by atoms with E-state index in [4.69, 9.17) is 0 Å². The van der Waals surface area contributed by atoms with Crippen LogP contribution in [0.3, 0.4) is 0 Å². The molecule has 0 spiro atoms. The molecule has 2 aromatic heterocycles. The zero-order valence-electron chi connectivity index (χ0n) is 13.0. The highest BCUT2D eigenvalue weighted by Gasteiger charge is 2.24. The molecular weight excluding hydrogens is 295 g/mol. The first-order chi connectivity index (χ1) is 11.1. The van der Waals surface area contributed by atoms with Crippen LogP contribution in [-0.2, 0) is 0 Å². The molecule has 1 unspecified atom stereocenters. The summed E-state index contributed by atoms with van der Waals surface area (Å²) in [6, 6.07) is 6.23. The van der Waals surface area contributed by atoms with E-state index in [1.165, 1.54) is 18.5 Å². The first-order valence-corrected chi connectivity index (χ1v) is 7.41. The van der Waals surface area contributed by atoms with E-state index in [9.17, 15) is 9.18 Å². The van der Waals surface area contributed by atoms with Crippen LogP contribution < -0.4 is 0 Å². The van der Waals surface area contributed by atoms with E-state index in [-0.39, 0.29) is 17.5 Å². The molecule has 6 heteroatoms. The van der Waals surface area contributed by atoms with Gasteiger partial charge in [0.05, 0.1) is 23.4 Å². The topological polar surface area (TPSA) is 61.9 Å². The third-order valence-corrected chi connectivity index (χ3v) is 3.98. The Labute approximate surface area is 133 Å². The number of hydrogen-bond donors (Lipinski definition) is 1. The van der Waals surface area contributed by atoms with Crippen molar-refractivity contribution in [2.75, 3.05) is 7.05 Å². The van der Waals surface area contributed by atoms with Crippen LogP contribution in [0.5, 0.6) is 0 Å². The Bertz CT molecular complexity index is 831. The molecule has 1 N–H and O–H groups in total. The summed E-state index contributed by atoms with van der Waals surface area (Å²) in [7, 11) is 1.72. The number of imidazole rings is 1. The number of carbonyl (C=O) groups excluding carboxylic acids is 1. The zero-order chi connectivity index (χ0) is 16.4. The average molecular weight is 312 g/mol. The molecule has 1 aromatic carbocycles. The average Bonchev–Trinajstić information content (AvgIpc) is 3.03. The number of benzene rings is 1. The van der Waals surface area contributed by atoms with Crippen molar-refractivity contribution in [2.45, 2.75) is 19.4 Å². The second kappa shape index (κ2) is 6.16. The quantitative estimate of drug-likeness (QED) is 0.804. The predicted molar refractivity (Wildman–Crippen MR) is 85.4 cm³/mol. The largest absolute Gasteiger partial charge is 0.344 e. The van der Waals surface area contributed by atoms with Gasteiger partial charge in [-0.2, -0.15) is 0 Å². The minimum Gasteiger partial charge on any atom is -0.344 e. The van der Waals surface area contributed by atoms with Gasteiger partial charge in [-0.15, -0.1) is 0 Å². The smallest absolute Gasteiger partial charge is 0.256 e. The predicted octanol–water partition coefficient (Wildman–Crippen LogP) is 3.32. The van der Waals surface area contributed by atoms with Gasteiger partial charge in [-0.1, -0.05) is 6.92 Å². The number of amides is 1. The lowest BCUT2D eigenvalue weighted by atomic mass is 10.0. The number of pyridine rings is 1. The molecular formula is C17H17FN4O. The van der Waals surface area contributed by atoms with Gasteiger partial charge < -0.3 is 9.88 Å². The maximum absolute atomic E-state index is 13.8. The molecule has 0 fully saturated rings. The summed E-state index contributed by atoms with van der Waals surface area (Å²) in [6.45, 7) is 2.00. The number of aromatic nitrogens is 3. The monoisotopic (exact) mass is 312 g/mol. The van der Waals surface area contributed by atoms with E-state index in [1.54, 1.807) is 24.3 Å². The second-order valence-electron chi connectivity index (χ2n) is 5.37. The van der Waals surface area contributed by atoms with Crippen LogP contribution in [0.1, 0.15) is 35.3 Å². The molecule has 0 aliphatic rings. The van der Waals surface area contributed by atoms with Crippen molar-refractivity contribution < 1.29 is 9.18 Å². The summed E-state index contributed by atoms with van der Waals surface area (Å²) in [5.41, 5.74) is 2.25. The highest BCUT2D eigenvalue weighted by Crippen LogP contribution is 2.26. The normalized spacial score (nSPS) is 12.3. The van der Waals surface area contributed by atoms with Gasteiger partial charge in [0, 0.05) is 19.4 Å². The highest BCUT2D eigenvalue weighted by molar-refractivity contribution is 6.04. The van der Waals surface area contributed by atoms with Crippen molar-refractivity contribution in [2.24, 2.45) is 0 Å². The molecule has 0 radical (unpaired) electrons. The highest BCUT2D eigenvalue weighted by atomic mass is 19.1. The molecule has 5 nitrogen and oxygen atoms in total. The fourth-order valence-corrected chi connectivity index (χ4v) is 2.83. The Morgan fingerprint density at radius 3 is 2.78 bits per heavy atom. The Hall–Kier alpha value is -2.76. The molecule has 3 rings (SSSR count). The van der Waals surface area contributed by atoms with Gasteiger partial charge in [-0.3, -0.25) is 9.78 Å². The van der Waals surface area contributed by atoms with Gasteiger partial charge in [0.25, 0.3) is 5.91 Å². The van der Waals surface area contributed by atoms with Gasteiger partial charge >= 0.3 is 0 Å². The SMILES string of the molecule is CCC(c1ccncc1)N(C)C(=O)c1cc(F)cc2[nH]cnc12. The lowest BCUT2D eigenvalue weighted by Gasteiger charge is -2.27. The van der Waals surface area contributed by atoms with E-state index < -0.39 is 5.82 Å². The number of nitrogens with zero attached hydrogens (tertiary/aromatic N) is 3. The van der Waals surface area contributed by atoms with Gasteiger partial charge in [-0.05, 0) is 36.2 Å². The molecule has 23 heavy (non-hydrogen) atoms. The van der Waals surface area contributed by atoms with Crippen molar-refractivity contribution in [3.8, 4) is 0 Å². The van der Waals surface area contributed by atoms with Crippen LogP contribution in [0, 0.1) is 5.82 Å². The summed E-state index contributed by atoms with van der Waals surface area (Å²) in [6.07, 6.45) is 5.60. The molecule has 118 valence electrons. The minimum absolute atomic E-state index is 0.109. The lowest BCUT2D eigenvalue weighted by molar-refractivity contribution is 0.0727. The standard InChI is InChI=1S/C17H17FN4O/c1-3-15(11-4-6-19-7-5-11)22(2)17(23)13-8-12(18)9-14-16(13)21-10-20-14/h4-10,15H,3H2,1-2H3,(H,20,21). The van der Waals surface area contributed by atoms with Crippen LogP contribution in [0.25, 0.3) is 11.0 Å². The fraction of sp³-hybridized carbons (Fsp3) is 0.235. The van der Waals surface area contributed by atoms with Crippen molar-refractivity contribution in [1.29, 1.82) is 0 Å². The molecule has 0 aliphatic carbocycles. The second-order valence-corrected chi connectivity index (χ2v) is 5.37. The molecule has 0 bridgehead atoms. The van der Waals surface area contributed by atoms with E-state index in [0.717, 1.165) is 12.0 Å². The number of rotatable bonds is 4. The van der Waals surface area contributed by atoms with Crippen molar-refractivity contribution in [3.63, 3.8) is 0 Å². The maximum Gasteiger partial charge on any atom is 0.256 e. The van der Waals surface area contributed by atoms with Crippen molar-refractivity contribution >= 4 is 16.9 Å². The summed E-state index contributed by atoms with van der Waals surface area (Å²) in [4.78, 5) is 25.5. The van der Waals surface area contributed by atoms with Gasteiger partial charge in [-0.25, -0.2) is 9.37 Å². The van der Waals surface area contributed by atoms with Crippen LogP contribution >= 0.6 is 0 Å². The number of halogens is 1. The third kappa shape index (κ3) is 2.79. The van der Waals surface area contributed by atoms with E-state index in [2.05, 4.69) is 15.0 Å². The number of hydrogen-bond acceptors (Lipinski definition) is 3.